The van der Waals surface area contributed by atoms with Crippen molar-refractivity contribution in [2.45, 2.75) is 12.5 Å². The highest BCUT2D eigenvalue weighted by molar-refractivity contribution is 5.97. The molecule has 2 saturated heterocycles. The molecule has 0 saturated carbocycles. The zero-order chi connectivity index (χ0) is 19.7. The zero-order valence-electron chi connectivity index (χ0n) is 16.7. The molecule has 28 heavy (non-hydrogen) atoms. The lowest BCUT2D eigenvalue weighted by Gasteiger charge is -2.39. The van der Waals surface area contributed by atoms with Gasteiger partial charge in [0.2, 0.25) is 5.95 Å². The molecule has 1 amide bonds. The van der Waals surface area contributed by atoms with Gasteiger partial charge in [-0.15, -0.1) is 0 Å². The van der Waals surface area contributed by atoms with Crippen molar-refractivity contribution in [2.75, 3.05) is 64.5 Å². The summed E-state index contributed by atoms with van der Waals surface area (Å²) in [6.07, 6.45) is 0.683. The molecular weight excluding hydrogens is 358 g/mol. The van der Waals surface area contributed by atoms with E-state index in [0.29, 0.717) is 38.3 Å². The van der Waals surface area contributed by atoms with Gasteiger partial charge in [-0.3, -0.25) is 9.69 Å². The van der Waals surface area contributed by atoms with Crippen molar-refractivity contribution < 1.29 is 14.6 Å². The Bertz CT molecular complexity index is 846. The molecule has 1 aromatic carbocycles. The van der Waals surface area contributed by atoms with Crippen molar-refractivity contribution in [2.24, 2.45) is 7.05 Å². The van der Waals surface area contributed by atoms with E-state index < -0.39 is 0 Å². The van der Waals surface area contributed by atoms with Crippen LogP contribution in [0.15, 0.2) is 18.2 Å². The van der Waals surface area contributed by atoms with E-state index in [0.717, 1.165) is 36.6 Å². The molecule has 0 unspecified atom stereocenters. The van der Waals surface area contributed by atoms with Crippen molar-refractivity contribution in [1.29, 1.82) is 0 Å². The average Bonchev–Trinajstić information content (AvgIpc) is 3.06. The number of aryl methyl sites for hydroxylation is 1. The third-order valence-corrected chi connectivity index (χ3v) is 5.92. The van der Waals surface area contributed by atoms with Gasteiger partial charge in [0, 0.05) is 58.0 Å². The van der Waals surface area contributed by atoms with Crippen LogP contribution in [-0.4, -0.2) is 96.0 Å². The molecule has 2 fully saturated rings. The van der Waals surface area contributed by atoms with Crippen LogP contribution in [0.2, 0.25) is 0 Å². The third-order valence-electron chi connectivity index (χ3n) is 5.92. The molecule has 2 aromatic rings. The van der Waals surface area contributed by atoms with Crippen molar-refractivity contribution in [3.8, 4) is 0 Å². The molecule has 0 bridgehead atoms. The Balaban J connectivity index is 1.56. The number of carbonyl (C=O) groups excluding carboxylic acids is 1. The zero-order valence-corrected chi connectivity index (χ0v) is 16.7. The smallest absolute Gasteiger partial charge is 0.254 e. The first-order valence-electron chi connectivity index (χ1n) is 9.98. The number of nitrogens with zero attached hydrogens (tertiary/aromatic N) is 5. The summed E-state index contributed by atoms with van der Waals surface area (Å²) in [5.74, 6) is 0.960. The van der Waals surface area contributed by atoms with Gasteiger partial charge in [-0.2, -0.15) is 0 Å². The van der Waals surface area contributed by atoms with Gasteiger partial charge in [0.15, 0.2) is 0 Å². The van der Waals surface area contributed by atoms with E-state index in [-0.39, 0.29) is 18.6 Å². The Morgan fingerprint density at radius 1 is 1.21 bits per heavy atom. The number of benzene rings is 1. The summed E-state index contributed by atoms with van der Waals surface area (Å²) in [5, 5.41) is 9.28. The Morgan fingerprint density at radius 3 is 2.75 bits per heavy atom. The first-order chi connectivity index (χ1) is 13.6. The van der Waals surface area contributed by atoms with Crippen LogP contribution in [-0.2, 0) is 11.8 Å². The number of amides is 1. The number of imidazole rings is 1. The Morgan fingerprint density at radius 2 is 2.00 bits per heavy atom. The Hall–Kier alpha value is -2.16. The molecule has 4 rings (SSSR count). The highest BCUT2D eigenvalue weighted by Crippen LogP contribution is 2.24. The van der Waals surface area contributed by atoms with Gasteiger partial charge in [-0.25, -0.2) is 4.98 Å². The lowest BCUT2D eigenvalue weighted by Crippen LogP contribution is -2.53. The predicted molar refractivity (Wildman–Crippen MR) is 108 cm³/mol. The topological polar surface area (TPSA) is 74.1 Å². The molecule has 0 radical (unpaired) electrons. The van der Waals surface area contributed by atoms with Crippen LogP contribution < -0.4 is 4.90 Å². The van der Waals surface area contributed by atoms with Gasteiger partial charge >= 0.3 is 0 Å². The second-order valence-electron chi connectivity index (χ2n) is 7.67. The average molecular weight is 387 g/mol. The summed E-state index contributed by atoms with van der Waals surface area (Å²) >= 11 is 0. The number of aliphatic hydroxyl groups is 1. The number of ether oxygens (including phenoxy) is 1. The summed E-state index contributed by atoms with van der Waals surface area (Å²) in [6.45, 7) is 5.40. The fourth-order valence-electron chi connectivity index (χ4n) is 4.14. The van der Waals surface area contributed by atoms with Crippen LogP contribution in [0.3, 0.4) is 0 Å². The van der Waals surface area contributed by atoms with Gasteiger partial charge in [0.05, 0.1) is 24.2 Å². The molecule has 8 heteroatoms. The predicted octanol–water partition coefficient (Wildman–Crippen LogP) is 0.549. The number of aromatic nitrogens is 2. The number of hydrogen-bond donors (Lipinski definition) is 1. The number of anilines is 1. The highest BCUT2D eigenvalue weighted by atomic mass is 16.5. The molecule has 152 valence electrons. The highest BCUT2D eigenvalue weighted by Gasteiger charge is 2.28. The van der Waals surface area contributed by atoms with Crippen molar-refractivity contribution in [3.05, 3.63) is 23.8 Å². The van der Waals surface area contributed by atoms with Crippen LogP contribution in [0.25, 0.3) is 11.0 Å². The minimum atomic E-state index is 0.0384. The third kappa shape index (κ3) is 3.59. The van der Waals surface area contributed by atoms with Gasteiger partial charge in [0.25, 0.3) is 5.91 Å². The molecule has 2 aliphatic heterocycles. The summed E-state index contributed by atoms with van der Waals surface area (Å²) < 4.78 is 7.52. The fourth-order valence-corrected chi connectivity index (χ4v) is 4.14. The number of carbonyl (C=O) groups is 1. The molecular formula is C20H29N5O3. The van der Waals surface area contributed by atoms with E-state index in [9.17, 15) is 9.90 Å². The molecule has 2 aliphatic rings. The lowest BCUT2D eigenvalue weighted by atomic mass is 10.1. The summed E-state index contributed by atoms with van der Waals surface area (Å²) in [5.41, 5.74) is 2.54. The van der Waals surface area contributed by atoms with Crippen LogP contribution in [0.1, 0.15) is 16.8 Å². The van der Waals surface area contributed by atoms with Crippen molar-refractivity contribution >= 4 is 22.9 Å². The standard InChI is InChI=1S/C20H29N5O3/c1-22-6-7-25(14-16(22)5-10-26)19(27)15-3-4-18-17(13-15)21-20(23(18)2)24-8-11-28-12-9-24/h3-4,13,16,26H,5-12,14H2,1-2H3/t16-/m1/s1. The van der Waals surface area contributed by atoms with Crippen molar-refractivity contribution in [1.82, 2.24) is 19.4 Å². The summed E-state index contributed by atoms with van der Waals surface area (Å²) in [7, 11) is 4.07. The van der Waals surface area contributed by atoms with E-state index in [1.165, 1.54) is 0 Å². The van der Waals surface area contributed by atoms with E-state index in [4.69, 9.17) is 9.72 Å². The van der Waals surface area contributed by atoms with Crippen LogP contribution in [0.4, 0.5) is 5.95 Å². The molecule has 1 N–H and O–H groups in total. The molecule has 3 heterocycles. The quantitative estimate of drug-likeness (QED) is 0.826. The fraction of sp³-hybridized carbons (Fsp3) is 0.600. The van der Waals surface area contributed by atoms with Gasteiger partial charge in [-0.1, -0.05) is 0 Å². The first-order valence-corrected chi connectivity index (χ1v) is 9.98. The number of fused-ring (bicyclic) bond motifs is 1. The maximum absolute atomic E-state index is 13.1. The Labute approximate surface area is 165 Å². The van der Waals surface area contributed by atoms with Crippen molar-refractivity contribution in [3.63, 3.8) is 0 Å². The van der Waals surface area contributed by atoms with E-state index in [1.807, 2.05) is 30.1 Å². The second-order valence-corrected chi connectivity index (χ2v) is 7.67. The van der Waals surface area contributed by atoms with Crippen LogP contribution in [0, 0.1) is 0 Å². The maximum Gasteiger partial charge on any atom is 0.254 e. The number of morpholine rings is 1. The summed E-state index contributed by atoms with van der Waals surface area (Å²) in [4.78, 5) is 24.2. The first kappa shape index (κ1) is 19.2. The number of hydrogen-bond acceptors (Lipinski definition) is 6. The van der Waals surface area contributed by atoms with Crippen LogP contribution >= 0.6 is 0 Å². The normalized spacial score (nSPS) is 21.5. The minimum absolute atomic E-state index is 0.0384. The number of piperazine rings is 1. The maximum atomic E-state index is 13.1. The number of rotatable bonds is 4. The SMILES string of the molecule is CN1CCN(C(=O)c2ccc3c(c2)nc(N2CCOCC2)n3C)C[C@H]1CCO. The second kappa shape index (κ2) is 8.06. The van der Waals surface area contributed by atoms with E-state index >= 15 is 0 Å². The number of aliphatic hydroxyl groups excluding tert-OH is 1. The van der Waals surface area contributed by atoms with E-state index in [2.05, 4.69) is 21.4 Å². The van der Waals surface area contributed by atoms with Gasteiger partial charge in [0.1, 0.15) is 0 Å². The van der Waals surface area contributed by atoms with Gasteiger partial charge in [-0.05, 0) is 31.7 Å². The van der Waals surface area contributed by atoms with Crippen LogP contribution in [0.5, 0.6) is 0 Å². The lowest BCUT2D eigenvalue weighted by molar-refractivity contribution is 0.0501. The van der Waals surface area contributed by atoms with E-state index in [1.54, 1.807) is 0 Å². The molecule has 1 atom stereocenters. The molecule has 0 spiro atoms. The Kier molecular flexibility index (Phi) is 5.52. The number of likely N-dealkylation sites (N-methyl/N-ethyl adjacent to an activating group) is 1. The summed E-state index contributed by atoms with van der Waals surface area (Å²) in [6, 6.07) is 5.99. The largest absolute Gasteiger partial charge is 0.396 e. The molecule has 8 nitrogen and oxygen atoms in total. The van der Waals surface area contributed by atoms with Gasteiger partial charge < -0.3 is 24.2 Å². The minimum Gasteiger partial charge on any atom is -0.396 e. The molecule has 0 aliphatic carbocycles. The molecule has 1 aromatic heterocycles. The monoisotopic (exact) mass is 387 g/mol.